The molecule has 5 nitrogen and oxygen atoms in total. The van der Waals surface area contributed by atoms with Crippen LogP contribution >= 0.6 is 11.8 Å². The fourth-order valence-corrected chi connectivity index (χ4v) is 5.19. The zero-order valence-electron chi connectivity index (χ0n) is 17.3. The topological polar surface area (TPSA) is 64.0 Å². The lowest BCUT2D eigenvalue weighted by molar-refractivity contribution is -0.116. The minimum Gasteiger partial charge on any atom is -0.312 e. The van der Waals surface area contributed by atoms with Gasteiger partial charge in [-0.1, -0.05) is 72.4 Å². The van der Waals surface area contributed by atoms with Crippen LogP contribution in [0.5, 0.6) is 0 Å². The molecule has 7 heteroatoms. The molecule has 1 N–H and O–H groups in total. The van der Waals surface area contributed by atoms with Gasteiger partial charge in [0.15, 0.2) is 5.16 Å². The monoisotopic (exact) mass is 445 g/mol. The van der Waals surface area contributed by atoms with Crippen molar-refractivity contribution in [3.8, 4) is 0 Å². The van der Waals surface area contributed by atoms with E-state index < -0.39 is 0 Å². The summed E-state index contributed by atoms with van der Waals surface area (Å²) in [6.07, 6.45) is 0.180. The quantitative estimate of drug-likeness (QED) is 0.361. The van der Waals surface area contributed by atoms with E-state index in [1.165, 1.54) is 17.8 Å². The van der Waals surface area contributed by atoms with E-state index in [9.17, 15) is 14.0 Å². The van der Waals surface area contributed by atoms with Gasteiger partial charge in [-0.05, 0) is 28.0 Å². The number of thioether (sulfide) groups is 1. The smallest absolute Gasteiger partial charge is 0.279 e. The average Bonchev–Trinajstić information content (AvgIpc) is 2.80. The van der Waals surface area contributed by atoms with Gasteiger partial charge in [0.25, 0.3) is 5.56 Å². The van der Waals surface area contributed by atoms with Crippen LogP contribution in [0.2, 0.25) is 0 Å². The lowest BCUT2D eigenvalue weighted by Gasteiger charge is -2.28. The molecule has 160 valence electrons. The molecular formula is C25H20FN3O2S. The number of fused-ring (bicyclic) bond motifs is 2. The fourth-order valence-electron chi connectivity index (χ4n) is 4.24. The summed E-state index contributed by atoms with van der Waals surface area (Å²) in [4.78, 5) is 30.1. The Morgan fingerprint density at radius 1 is 1.06 bits per heavy atom. The molecule has 1 aliphatic heterocycles. The Kier molecular flexibility index (Phi) is 5.27. The molecule has 0 saturated carbocycles. The number of carbonyl (C=O) groups excluding carboxylic acids is 1. The van der Waals surface area contributed by atoms with E-state index in [2.05, 4.69) is 10.3 Å². The number of hydrogen-bond acceptors (Lipinski definition) is 4. The zero-order valence-corrected chi connectivity index (χ0v) is 18.2. The Hall–Kier alpha value is -3.45. The third-order valence-electron chi connectivity index (χ3n) is 5.81. The Bertz CT molecular complexity index is 1410. The van der Waals surface area contributed by atoms with E-state index in [0.29, 0.717) is 27.9 Å². The predicted molar refractivity (Wildman–Crippen MR) is 124 cm³/mol. The molecule has 1 aromatic heterocycles. The first-order valence-corrected chi connectivity index (χ1v) is 11.3. The molecule has 0 spiro atoms. The lowest BCUT2D eigenvalue weighted by atomic mass is 9.84. The Morgan fingerprint density at radius 2 is 1.81 bits per heavy atom. The number of amides is 1. The number of halogens is 1. The summed E-state index contributed by atoms with van der Waals surface area (Å²) in [6.45, 7) is 0. The van der Waals surface area contributed by atoms with Crippen molar-refractivity contribution in [1.29, 1.82) is 0 Å². The highest BCUT2D eigenvalue weighted by atomic mass is 32.2. The van der Waals surface area contributed by atoms with Gasteiger partial charge in [0, 0.05) is 25.1 Å². The van der Waals surface area contributed by atoms with Crippen molar-refractivity contribution in [3.05, 3.63) is 99.6 Å². The number of carbonyl (C=O) groups is 1. The molecule has 0 bridgehead atoms. The van der Waals surface area contributed by atoms with Gasteiger partial charge in [-0.25, -0.2) is 4.39 Å². The van der Waals surface area contributed by atoms with Gasteiger partial charge in [-0.3, -0.25) is 9.59 Å². The number of nitrogens with zero attached hydrogens (tertiary/aromatic N) is 2. The van der Waals surface area contributed by atoms with Crippen LogP contribution in [0.15, 0.2) is 76.7 Å². The van der Waals surface area contributed by atoms with Crippen LogP contribution in [-0.2, 0) is 17.6 Å². The molecule has 1 unspecified atom stereocenters. The van der Waals surface area contributed by atoms with Crippen molar-refractivity contribution in [1.82, 2.24) is 9.55 Å². The maximum atomic E-state index is 14.0. The number of nitrogens with one attached hydrogen (secondary N) is 1. The van der Waals surface area contributed by atoms with Crippen LogP contribution in [-0.4, -0.2) is 15.5 Å². The van der Waals surface area contributed by atoms with E-state index >= 15 is 0 Å². The van der Waals surface area contributed by atoms with Gasteiger partial charge in [0.2, 0.25) is 5.91 Å². The normalized spacial score (nSPS) is 15.4. The second-order valence-electron chi connectivity index (χ2n) is 7.77. The molecule has 1 amide bonds. The number of rotatable bonds is 4. The Balaban J connectivity index is 1.59. The zero-order chi connectivity index (χ0) is 22.2. The van der Waals surface area contributed by atoms with E-state index in [-0.39, 0.29) is 29.6 Å². The van der Waals surface area contributed by atoms with Gasteiger partial charge in [0.05, 0.1) is 5.56 Å². The first-order chi connectivity index (χ1) is 15.5. The van der Waals surface area contributed by atoms with E-state index in [4.69, 9.17) is 0 Å². The van der Waals surface area contributed by atoms with Gasteiger partial charge < -0.3 is 9.88 Å². The molecule has 0 saturated heterocycles. The van der Waals surface area contributed by atoms with Gasteiger partial charge in [0.1, 0.15) is 11.6 Å². The maximum Gasteiger partial charge on any atom is 0.279 e. The minimum absolute atomic E-state index is 0.151. The maximum absolute atomic E-state index is 14.0. The second-order valence-corrected chi connectivity index (χ2v) is 8.72. The summed E-state index contributed by atoms with van der Waals surface area (Å²) in [6, 6.07) is 20.4. The molecule has 1 aliphatic rings. The standard InChI is InChI=1S/C25H20FN3O2S/c1-29-23-22(24(31)28-25(29)32-14-16-8-3-5-12-20(16)26)19(13-21(30)27-23)18-11-6-9-15-7-2-4-10-17(15)18/h2-12,19H,13-14H2,1H3,(H,27,30). The van der Waals surface area contributed by atoms with Gasteiger partial charge in [-0.15, -0.1) is 0 Å². The molecule has 0 radical (unpaired) electrons. The third-order valence-corrected chi connectivity index (χ3v) is 6.89. The SMILES string of the molecule is Cn1c(SCc2ccccc2F)nc(=O)c2c1NC(=O)CC2c1cccc2ccccc12. The van der Waals surface area contributed by atoms with Crippen molar-refractivity contribution in [2.75, 3.05) is 5.32 Å². The number of hydrogen-bond donors (Lipinski definition) is 1. The van der Waals surface area contributed by atoms with Crippen LogP contribution in [0, 0.1) is 5.82 Å². The summed E-state index contributed by atoms with van der Waals surface area (Å²) >= 11 is 1.26. The first-order valence-electron chi connectivity index (χ1n) is 10.3. The minimum atomic E-state index is -0.387. The van der Waals surface area contributed by atoms with Crippen LogP contribution in [0.4, 0.5) is 10.2 Å². The highest BCUT2D eigenvalue weighted by molar-refractivity contribution is 7.98. The van der Waals surface area contributed by atoms with E-state index in [0.717, 1.165) is 16.3 Å². The van der Waals surface area contributed by atoms with Crippen molar-refractivity contribution >= 4 is 34.3 Å². The molecule has 0 aliphatic carbocycles. The number of aromatic nitrogens is 2. The summed E-state index contributed by atoms with van der Waals surface area (Å²) < 4.78 is 15.7. The molecule has 3 aromatic carbocycles. The summed E-state index contributed by atoms with van der Waals surface area (Å²) in [5, 5.41) is 5.36. The number of benzene rings is 3. The largest absolute Gasteiger partial charge is 0.312 e. The fraction of sp³-hybridized carbons (Fsp3) is 0.160. The summed E-state index contributed by atoms with van der Waals surface area (Å²) in [5.41, 5.74) is 1.58. The Labute approximate surface area is 188 Å². The van der Waals surface area contributed by atoms with Crippen molar-refractivity contribution < 1.29 is 9.18 Å². The second kappa shape index (κ2) is 8.24. The van der Waals surface area contributed by atoms with Crippen LogP contribution in [0.25, 0.3) is 10.8 Å². The predicted octanol–water partition coefficient (Wildman–Crippen LogP) is 4.84. The van der Waals surface area contributed by atoms with E-state index in [1.807, 2.05) is 42.5 Å². The Morgan fingerprint density at radius 3 is 2.66 bits per heavy atom. The van der Waals surface area contributed by atoms with Crippen LogP contribution < -0.4 is 10.9 Å². The molecule has 0 fully saturated rings. The van der Waals surface area contributed by atoms with Gasteiger partial charge >= 0.3 is 0 Å². The summed E-state index contributed by atoms with van der Waals surface area (Å²) in [5.74, 6) is -0.0576. The van der Waals surface area contributed by atoms with Crippen molar-refractivity contribution in [3.63, 3.8) is 0 Å². The van der Waals surface area contributed by atoms with Crippen LogP contribution in [0.1, 0.15) is 29.0 Å². The number of anilines is 1. The molecule has 1 atom stereocenters. The van der Waals surface area contributed by atoms with Gasteiger partial charge in [-0.2, -0.15) is 4.98 Å². The first kappa shape index (κ1) is 20.5. The van der Waals surface area contributed by atoms with E-state index in [1.54, 1.807) is 29.8 Å². The third kappa shape index (κ3) is 3.58. The molecule has 4 aromatic rings. The van der Waals surface area contributed by atoms with Crippen molar-refractivity contribution in [2.45, 2.75) is 23.2 Å². The molecular weight excluding hydrogens is 425 g/mol. The van der Waals surface area contributed by atoms with Crippen LogP contribution in [0.3, 0.4) is 0 Å². The highest BCUT2D eigenvalue weighted by Gasteiger charge is 2.32. The molecule has 2 heterocycles. The average molecular weight is 446 g/mol. The van der Waals surface area contributed by atoms with Crippen molar-refractivity contribution in [2.24, 2.45) is 7.05 Å². The highest BCUT2D eigenvalue weighted by Crippen LogP contribution is 2.38. The summed E-state index contributed by atoms with van der Waals surface area (Å²) in [7, 11) is 1.76. The lowest BCUT2D eigenvalue weighted by Crippen LogP contribution is -2.33. The molecule has 5 rings (SSSR count). The molecule has 32 heavy (non-hydrogen) atoms.